The summed E-state index contributed by atoms with van der Waals surface area (Å²) in [6, 6.07) is 0. The summed E-state index contributed by atoms with van der Waals surface area (Å²) in [5, 5.41) is 24.5. The number of aliphatic hydroxyl groups is 2. The van der Waals surface area contributed by atoms with Crippen LogP contribution in [0, 0.1) is 51.8 Å². The average Bonchev–Trinajstić information content (AvgIpc) is 3.70. The van der Waals surface area contributed by atoms with Crippen molar-refractivity contribution >= 4 is 17.9 Å². The van der Waals surface area contributed by atoms with Crippen molar-refractivity contribution in [3.63, 3.8) is 0 Å². The van der Waals surface area contributed by atoms with E-state index in [9.17, 15) is 24.6 Å². The quantitative estimate of drug-likeness (QED) is 0.269. The molecule has 3 saturated carbocycles. The van der Waals surface area contributed by atoms with Gasteiger partial charge in [-0.05, 0) is 72.4 Å². The first-order valence-electron chi connectivity index (χ1n) is 17.8. The van der Waals surface area contributed by atoms with E-state index in [4.69, 9.17) is 14.2 Å². The smallest absolute Gasteiger partial charge is 0.313 e. The molecular weight excluding hydrogens is 586 g/mol. The lowest BCUT2D eigenvalue weighted by Gasteiger charge is -2.46. The lowest BCUT2D eigenvalue weighted by Crippen LogP contribution is -2.53. The van der Waals surface area contributed by atoms with Crippen LogP contribution >= 0.6 is 0 Å². The van der Waals surface area contributed by atoms with Crippen LogP contribution in [0.3, 0.4) is 0 Å². The van der Waals surface area contributed by atoms with Gasteiger partial charge in [0.2, 0.25) is 0 Å². The Morgan fingerprint density at radius 2 is 1.80 bits per heavy atom. The maximum Gasteiger partial charge on any atom is 0.313 e. The Labute approximate surface area is 272 Å². The van der Waals surface area contributed by atoms with Gasteiger partial charge in [0.05, 0.1) is 28.5 Å². The second-order valence-electron chi connectivity index (χ2n) is 17.0. The van der Waals surface area contributed by atoms with E-state index in [0.29, 0.717) is 32.2 Å². The molecule has 8 rings (SSSR count). The van der Waals surface area contributed by atoms with Crippen LogP contribution in [0.15, 0.2) is 23.8 Å². The first-order valence-corrected chi connectivity index (χ1v) is 17.8. The number of carbonyl (C=O) groups is 3. The fourth-order valence-corrected chi connectivity index (χ4v) is 12.7. The molecule has 0 aromatic carbocycles. The summed E-state index contributed by atoms with van der Waals surface area (Å²) < 4.78 is 19.1. The topological polar surface area (TPSA) is 123 Å². The van der Waals surface area contributed by atoms with Gasteiger partial charge in [-0.2, -0.15) is 0 Å². The zero-order valence-corrected chi connectivity index (χ0v) is 28.0. The molecule has 252 valence electrons. The van der Waals surface area contributed by atoms with E-state index >= 15 is 0 Å². The summed E-state index contributed by atoms with van der Waals surface area (Å²) in [5.41, 5.74) is -4.06. The maximum absolute atomic E-state index is 14.8. The van der Waals surface area contributed by atoms with Gasteiger partial charge in [-0.25, -0.2) is 0 Å². The predicted octanol–water partition coefficient (Wildman–Crippen LogP) is 3.95. The number of rotatable bonds is 3. The van der Waals surface area contributed by atoms with Crippen LogP contribution < -0.4 is 0 Å². The molecule has 9 nitrogen and oxygen atoms in total. The molecule has 0 aromatic heterocycles. The number of hydrogen-bond acceptors (Lipinski definition) is 9. The fraction of sp³-hybridized carbons (Fsp3) is 0.811. The van der Waals surface area contributed by atoms with E-state index in [-0.39, 0.29) is 47.9 Å². The van der Waals surface area contributed by atoms with Crippen molar-refractivity contribution in [2.24, 2.45) is 51.8 Å². The van der Waals surface area contributed by atoms with Gasteiger partial charge in [0.25, 0.3) is 0 Å². The Morgan fingerprint density at radius 3 is 2.52 bits per heavy atom. The number of ether oxygens (including phenoxy) is 3. The van der Waals surface area contributed by atoms with Crippen LogP contribution in [0.5, 0.6) is 0 Å². The summed E-state index contributed by atoms with van der Waals surface area (Å²) in [6.45, 7) is 11.9. The molecule has 3 saturated heterocycles. The molecule has 2 bridgehead atoms. The molecule has 3 aliphatic heterocycles. The molecule has 9 heteroatoms. The largest absolute Gasteiger partial charge is 0.462 e. The van der Waals surface area contributed by atoms with Gasteiger partial charge in [0.1, 0.15) is 18.3 Å². The Kier molecular flexibility index (Phi) is 6.69. The van der Waals surface area contributed by atoms with E-state index < -0.39 is 57.6 Å². The molecule has 8 aliphatic rings. The second-order valence-corrected chi connectivity index (χ2v) is 17.0. The normalized spacial score (nSPS) is 53.9. The monoisotopic (exact) mass is 637 g/mol. The minimum atomic E-state index is -1.17. The molecule has 3 heterocycles. The second kappa shape index (κ2) is 9.91. The Bertz CT molecular complexity index is 1410. The molecule has 0 aromatic rings. The molecule has 0 amide bonds. The average molecular weight is 638 g/mol. The van der Waals surface area contributed by atoms with Crippen molar-refractivity contribution < 1.29 is 38.8 Å². The van der Waals surface area contributed by atoms with E-state index in [2.05, 4.69) is 30.1 Å². The standard InChI is InChI=1S/C37H51NO8/c1-20-9-10-24-26(20)29-27(25(44-21(2)39)17-34(24,4)42)37(32(41)46-29)19-36-14-13-33(37,3)30(36)28-22(11-12-35(36,5)43)23(31(40)45-28)18-38-15-7-6-8-16-38/h9,13-14,22-30,42-43H,6-8,10-12,15-19H2,1-5H3/t22-,23-,24-,25-,26-,27+,28-,29+,30-,33+,34+,35+,36-,37-/m0/s1. The number of likely N-dealkylation sites (tertiary alicyclic amines) is 1. The number of allylic oxidation sites excluding steroid dienone is 2. The van der Waals surface area contributed by atoms with E-state index in [1.54, 1.807) is 0 Å². The molecule has 6 fully saturated rings. The highest BCUT2D eigenvalue weighted by atomic mass is 16.6. The van der Waals surface area contributed by atoms with Gasteiger partial charge in [-0.3, -0.25) is 14.4 Å². The predicted molar refractivity (Wildman–Crippen MR) is 167 cm³/mol. The third-order valence-corrected chi connectivity index (χ3v) is 14.8. The van der Waals surface area contributed by atoms with Crippen LogP contribution in [-0.2, 0) is 28.6 Å². The lowest BCUT2D eigenvalue weighted by atomic mass is 9.54. The summed E-state index contributed by atoms with van der Waals surface area (Å²) in [7, 11) is 0. The van der Waals surface area contributed by atoms with Gasteiger partial charge in [-0.15, -0.1) is 0 Å². The molecule has 5 aliphatic carbocycles. The van der Waals surface area contributed by atoms with Gasteiger partial charge in [-0.1, -0.05) is 37.1 Å². The van der Waals surface area contributed by atoms with Crippen LogP contribution in [-0.4, -0.2) is 82.2 Å². The SMILES string of the molecule is CC(=O)O[C@H]1C[C@@](C)(O)[C@H]2CC=C(C)[C@@H]2[C@H]2OC(=O)[C@]3(C[C@@]45C=C[C@]3(C)[C@@H]4[C@H]3OC(=O)[C@@H](CN4CCCCC4)[C@@H]3CC[C@@]5(C)O)[C@@H]21. The minimum absolute atomic E-state index is 0.0705. The highest BCUT2D eigenvalue weighted by Crippen LogP contribution is 2.80. The number of piperidine rings is 1. The Hall–Kier alpha value is -2.23. The maximum atomic E-state index is 14.8. The van der Waals surface area contributed by atoms with Gasteiger partial charge in [0, 0.05) is 54.4 Å². The zero-order chi connectivity index (χ0) is 32.6. The van der Waals surface area contributed by atoms with E-state index in [0.717, 1.165) is 31.5 Å². The summed E-state index contributed by atoms with van der Waals surface area (Å²) >= 11 is 0. The highest BCUT2D eigenvalue weighted by molar-refractivity contribution is 5.84. The lowest BCUT2D eigenvalue weighted by molar-refractivity contribution is -0.165. The molecule has 0 unspecified atom stereocenters. The van der Waals surface area contributed by atoms with Crippen LogP contribution in [0.25, 0.3) is 0 Å². The van der Waals surface area contributed by atoms with Crippen molar-refractivity contribution in [1.82, 2.24) is 4.90 Å². The first kappa shape index (κ1) is 31.1. The van der Waals surface area contributed by atoms with Crippen molar-refractivity contribution in [3.8, 4) is 0 Å². The van der Waals surface area contributed by atoms with Crippen molar-refractivity contribution in [2.75, 3.05) is 19.6 Å². The molecule has 0 radical (unpaired) electrons. The van der Waals surface area contributed by atoms with Gasteiger partial charge < -0.3 is 29.3 Å². The summed E-state index contributed by atoms with van der Waals surface area (Å²) in [6.07, 6.45) is 10.4. The highest BCUT2D eigenvalue weighted by Gasteiger charge is 2.85. The number of hydrogen-bond donors (Lipinski definition) is 2. The number of fused-ring (bicyclic) bond motifs is 6. The third-order valence-electron chi connectivity index (χ3n) is 14.8. The molecule has 46 heavy (non-hydrogen) atoms. The van der Waals surface area contributed by atoms with Crippen molar-refractivity contribution in [2.45, 2.75) is 115 Å². The van der Waals surface area contributed by atoms with Crippen LogP contribution in [0.4, 0.5) is 0 Å². The molecule has 2 N–H and O–H groups in total. The number of nitrogens with zero attached hydrogens (tertiary/aromatic N) is 1. The van der Waals surface area contributed by atoms with Crippen LogP contribution in [0.1, 0.15) is 86.0 Å². The van der Waals surface area contributed by atoms with Crippen molar-refractivity contribution in [3.05, 3.63) is 23.8 Å². The van der Waals surface area contributed by atoms with Crippen molar-refractivity contribution in [1.29, 1.82) is 0 Å². The van der Waals surface area contributed by atoms with Crippen LogP contribution in [0.2, 0.25) is 0 Å². The molecular formula is C37H51NO8. The zero-order valence-electron chi connectivity index (χ0n) is 28.0. The molecule has 14 atom stereocenters. The van der Waals surface area contributed by atoms with Gasteiger partial charge in [0.15, 0.2) is 0 Å². The van der Waals surface area contributed by atoms with Gasteiger partial charge >= 0.3 is 17.9 Å². The Balaban J connectivity index is 1.26. The van der Waals surface area contributed by atoms with E-state index in [1.807, 2.05) is 20.8 Å². The summed E-state index contributed by atoms with van der Waals surface area (Å²) in [4.78, 5) is 43.6. The molecule has 1 spiro atoms. The fourth-order valence-electron chi connectivity index (χ4n) is 12.7. The third kappa shape index (κ3) is 3.82. The summed E-state index contributed by atoms with van der Waals surface area (Å²) in [5.74, 6) is -2.54. The number of esters is 3. The number of carbonyl (C=O) groups excluding carboxylic acids is 3. The van der Waals surface area contributed by atoms with E-state index in [1.165, 1.54) is 13.3 Å². The Morgan fingerprint density at radius 1 is 1.07 bits per heavy atom. The first-order chi connectivity index (χ1) is 21.7. The minimum Gasteiger partial charge on any atom is -0.462 e.